The summed E-state index contributed by atoms with van der Waals surface area (Å²) >= 11 is 0. The molecule has 0 bridgehead atoms. The average molecular weight is 237 g/mol. The smallest absolute Gasteiger partial charge is 0.243 e. The molecule has 2 N–H and O–H groups in total. The molecule has 0 heterocycles. The summed E-state index contributed by atoms with van der Waals surface area (Å²) in [7, 11) is -3.04. The van der Waals surface area contributed by atoms with E-state index in [2.05, 4.69) is 9.88 Å². The second-order valence-corrected chi connectivity index (χ2v) is 4.36. The Morgan fingerprint density at radius 3 is 2.13 bits per heavy atom. The predicted octanol–water partition coefficient (Wildman–Crippen LogP) is 0.759. The molecule has 1 aromatic rings. The molecule has 1 aromatic carbocycles. The minimum absolute atomic E-state index is 0.0151. The van der Waals surface area contributed by atoms with Gasteiger partial charge in [0.25, 0.3) is 0 Å². The second kappa shape index (κ2) is 4.21. The van der Waals surface area contributed by atoms with Gasteiger partial charge < -0.3 is 4.74 Å². The van der Waals surface area contributed by atoms with Crippen LogP contribution in [0.2, 0.25) is 0 Å². The number of hydrogen-bond acceptors (Lipinski definition) is 3. The van der Waals surface area contributed by atoms with E-state index in [1.807, 2.05) is 0 Å². The van der Waals surface area contributed by atoms with Crippen LogP contribution in [0.1, 0.15) is 5.56 Å². The SMILES string of the molecule is COCc1cc(F)c(S(N)(=O)=O)c(F)c1. The van der Waals surface area contributed by atoms with Crippen molar-refractivity contribution < 1.29 is 21.9 Å². The number of primary sulfonamides is 1. The van der Waals surface area contributed by atoms with Gasteiger partial charge in [-0.25, -0.2) is 22.3 Å². The van der Waals surface area contributed by atoms with Crippen molar-refractivity contribution in [2.75, 3.05) is 7.11 Å². The number of rotatable bonds is 3. The molecule has 0 aliphatic rings. The fourth-order valence-electron chi connectivity index (χ4n) is 1.13. The van der Waals surface area contributed by atoms with Crippen LogP contribution in [0.4, 0.5) is 8.78 Å². The highest BCUT2D eigenvalue weighted by atomic mass is 32.2. The number of methoxy groups -OCH3 is 1. The minimum Gasteiger partial charge on any atom is -0.380 e. The number of benzene rings is 1. The lowest BCUT2D eigenvalue weighted by molar-refractivity contribution is 0.184. The van der Waals surface area contributed by atoms with E-state index in [4.69, 9.17) is 0 Å². The quantitative estimate of drug-likeness (QED) is 0.843. The van der Waals surface area contributed by atoms with Gasteiger partial charge in [0.1, 0.15) is 11.6 Å². The van der Waals surface area contributed by atoms with Crippen LogP contribution < -0.4 is 5.14 Å². The first-order valence-electron chi connectivity index (χ1n) is 3.86. The molecule has 84 valence electrons. The lowest BCUT2D eigenvalue weighted by atomic mass is 10.2. The topological polar surface area (TPSA) is 69.4 Å². The highest BCUT2D eigenvalue weighted by molar-refractivity contribution is 7.89. The zero-order valence-corrected chi connectivity index (χ0v) is 8.64. The lowest BCUT2D eigenvalue weighted by Crippen LogP contribution is -2.16. The molecule has 0 unspecified atom stereocenters. The van der Waals surface area contributed by atoms with Crippen molar-refractivity contribution in [3.05, 3.63) is 29.3 Å². The van der Waals surface area contributed by atoms with E-state index in [0.717, 1.165) is 12.1 Å². The average Bonchev–Trinajstić information content (AvgIpc) is 1.99. The van der Waals surface area contributed by atoms with Crippen LogP contribution in [-0.4, -0.2) is 15.5 Å². The summed E-state index contributed by atoms with van der Waals surface area (Å²) in [6, 6.07) is 1.73. The Bertz CT molecular complexity index is 450. The first kappa shape index (κ1) is 12.0. The molecule has 0 aliphatic carbocycles. The van der Waals surface area contributed by atoms with Gasteiger partial charge in [0.2, 0.25) is 10.0 Å². The maximum absolute atomic E-state index is 13.2. The fourth-order valence-corrected chi connectivity index (χ4v) is 1.80. The van der Waals surface area contributed by atoms with Crippen LogP contribution in [0.15, 0.2) is 17.0 Å². The highest BCUT2D eigenvalue weighted by Crippen LogP contribution is 2.19. The molecular formula is C8H9F2NO3S. The molecule has 0 aromatic heterocycles. The monoisotopic (exact) mass is 237 g/mol. The highest BCUT2D eigenvalue weighted by Gasteiger charge is 2.20. The minimum atomic E-state index is -4.39. The molecule has 0 atom stereocenters. The fraction of sp³-hybridized carbons (Fsp3) is 0.250. The van der Waals surface area contributed by atoms with Gasteiger partial charge in [0.05, 0.1) is 6.61 Å². The molecule has 4 nitrogen and oxygen atoms in total. The number of nitrogens with two attached hydrogens (primary N) is 1. The van der Waals surface area contributed by atoms with Crippen LogP contribution in [0.3, 0.4) is 0 Å². The van der Waals surface area contributed by atoms with Crippen LogP contribution in [0.25, 0.3) is 0 Å². The van der Waals surface area contributed by atoms with Crippen molar-refractivity contribution in [1.82, 2.24) is 0 Å². The molecule has 0 spiro atoms. The van der Waals surface area contributed by atoms with Crippen LogP contribution >= 0.6 is 0 Å². The largest absolute Gasteiger partial charge is 0.380 e. The summed E-state index contributed by atoms with van der Waals surface area (Å²) in [6.07, 6.45) is 0. The summed E-state index contributed by atoms with van der Waals surface area (Å²) in [6.45, 7) is -0.0151. The van der Waals surface area contributed by atoms with E-state index in [1.165, 1.54) is 7.11 Å². The normalized spacial score (nSPS) is 11.7. The van der Waals surface area contributed by atoms with E-state index in [9.17, 15) is 17.2 Å². The van der Waals surface area contributed by atoms with Crippen molar-refractivity contribution in [1.29, 1.82) is 0 Å². The standard InChI is InChI=1S/C8H9F2NO3S/c1-14-4-5-2-6(9)8(7(10)3-5)15(11,12)13/h2-3H,4H2,1H3,(H2,11,12,13). The molecule has 7 heteroatoms. The Balaban J connectivity index is 3.34. The van der Waals surface area contributed by atoms with Gasteiger partial charge in [0, 0.05) is 7.11 Å². The Kier molecular flexibility index (Phi) is 3.38. The van der Waals surface area contributed by atoms with Gasteiger partial charge in [-0.3, -0.25) is 0 Å². The van der Waals surface area contributed by atoms with Gasteiger partial charge in [-0.1, -0.05) is 0 Å². The van der Waals surface area contributed by atoms with Gasteiger partial charge in [-0.05, 0) is 17.7 Å². The zero-order chi connectivity index (χ0) is 11.6. The van der Waals surface area contributed by atoms with E-state index in [1.54, 1.807) is 0 Å². The molecule has 0 saturated carbocycles. The lowest BCUT2D eigenvalue weighted by Gasteiger charge is -2.05. The van der Waals surface area contributed by atoms with Gasteiger partial charge >= 0.3 is 0 Å². The number of ether oxygens (including phenoxy) is 1. The van der Waals surface area contributed by atoms with Crippen LogP contribution in [-0.2, 0) is 21.4 Å². The Hall–Kier alpha value is -1.05. The summed E-state index contributed by atoms with van der Waals surface area (Å²) in [5.41, 5.74) is 0.194. The number of sulfonamides is 1. The van der Waals surface area contributed by atoms with Crippen molar-refractivity contribution in [3.63, 3.8) is 0 Å². The third-order valence-electron chi connectivity index (χ3n) is 1.65. The van der Waals surface area contributed by atoms with Gasteiger partial charge in [-0.15, -0.1) is 0 Å². The molecule has 0 radical (unpaired) electrons. The molecule has 0 amide bonds. The van der Waals surface area contributed by atoms with Crippen LogP contribution in [0.5, 0.6) is 0 Å². The molecule has 0 saturated heterocycles. The Morgan fingerprint density at radius 1 is 1.33 bits per heavy atom. The van der Waals surface area contributed by atoms with Crippen LogP contribution in [0, 0.1) is 11.6 Å². The third kappa shape index (κ3) is 2.71. The van der Waals surface area contributed by atoms with E-state index in [0.29, 0.717) is 0 Å². The van der Waals surface area contributed by atoms with E-state index in [-0.39, 0.29) is 12.2 Å². The van der Waals surface area contributed by atoms with Gasteiger partial charge in [0.15, 0.2) is 4.90 Å². The maximum atomic E-state index is 13.2. The molecular weight excluding hydrogens is 228 g/mol. The van der Waals surface area contributed by atoms with Gasteiger partial charge in [-0.2, -0.15) is 0 Å². The first-order valence-corrected chi connectivity index (χ1v) is 5.40. The number of hydrogen-bond donors (Lipinski definition) is 1. The summed E-state index contributed by atoms with van der Waals surface area (Å²) < 4.78 is 52.6. The van der Waals surface area contributed by atoms with Crippen molar-refractivity contribution in [2.24, 2.45) is 5.14 Å². The molecule has 1 rings (SSSR count). The summed E-state index contributed by atoms with van der Waals surface area (Å²) in [4.78, 5) is -1.12. The van der Waals surface area contributed by atoms with Crippen molar-refractivity contribution >= 4 is 10.0 Å². The third-order valence-corrected chi connectivity index (χ3v) is 2.61. The summed E-state index contributed by atoms with van der Waals surface area (Å²) in [5, 5.41) is 4.64. The zero-order valence-electron chi connectivity index (χ0n) is 7.83. The Morgan fingerprint density at radius 2 is 1.80 bits per heavy atom. The first-order chi connectivity index (χ1) is 6.86. The number of halogens is 2. The predicted molar refractivity (Wildman–Crippen MR) is 48.4 cm³/mol. The van der Waals surface area contributed by atoms with Crippen molar-refractivity contribution in [2.45, 2.75) is 11.5 Å². The molecule has 0 aliphatic heterocycles. The van der Waals surface area contributed by atoms with Crippen molar-refractivity contribution in [3.8, 4) is 0 Å². The van der Waals surface area contributed by atoms with E-state index < -0.39 is 26.6 Å². The summed E-state index contributed by atoms with van der Waals surface area (Å²) in [5.74, 6) is -2.44. The molecule has 15 heavy (non-hydrogen) atoms. The molecule has 0 fully saturated rings. The second-order valence-electron chi connectivity index (χ2n) is 2.87. The van der Waals surface area contributed by atoms with E-state index >= 15 is 0 Å². The maximum Gasteiger partial charge on any atom is 0.243 e. The Labute approximate surface area is 85.7 Å².